The van der Waals surface area contributed by atoms with Crippen LogP contribution in [0.3, 0.4) is 0 Å². The Balaban J connectivity index is 1.28. The summed E-state index contributed by atoms with van der Waals surface area (Å²) in [5, 5.41) is 80.5. The number of para-hydroxylation sites is 1. The van der Waals surface area contributed by atoms with Gasteiger partial charge in [-0.2, -0.15) is 0 Å². The molecule has 20 heteroatoms. The average molecular weight is 868 g/mol. The molecular formula is C41H38FNO17S. The van der Waals surface area contributed by atoms with Crippen molar-refractivity contribution in [2.24, 2.45) is 0 Å². The maximum absolute atomic E-state index is 14.0. The van der Waals surface area contributed by atoms with Crippen molar-refractivity contribution in [1.29, 1.82) is 0 Å². The SMILES string of the molecule is O=C(CS(=O)[C@H]1C(=O)N(c2ccccc2)[C@@H]1c1ccc(-c2cccc(O[C@@H]3OC(C(=O)O)C(O)[C@H](O)C3O)c2)cc1O[C@@H]1OC(C(=O)O)C(O)[C@H](O)C1O)c1ccc(F)cc1. The molecule has 8 N–H and O–H groups in total. The second-order valence-electron chi connectivity index (χ2n) is 14.4. The minimum atomic E-state index is -2.22. The fraction of sp³-hybridized carbons (Fsp3) is 0.317. The van der Waals surface area contributed by atoms with Crippen LogP contribution in [-0.2, 0) is 34.7 Å². The number of ketones is 1. The number of ether oxygens (including phenoxy) is 4. The van der Waals surface area contributed by atoms with Gasteiger partial charge in [-0.25, -0.2) is 14.0 Å². The number of halogens is 1. The van der Waals surface area contributed by atoms with E-state index in [4.69, 9.17) is 18.9 Å². The van der Waals surface area contributed by atoms with E-state index in [0.717, 1.165) is 12.1 Å². The van der Waals surface area contributed by atoms with Gasteiger partial charge in [-0.05, 0) is 65.7 Å². The second-order valence-corrected chi connectivity index (χ2v) is 15.9. The number of carbonyl (C=O) groups is 4. The summed E-state index contributed by atoms with van der Waals surface area (Å²) in [6, 6.07) is 21.9. The van der Waals surface area contributed by atoms with Crippen LogP contribution in [0, 0.1) is 5.82 Å². The monoisotopic (exact) mass is 867 g/mol. The summed E-state index contributed by atoms with van der Waals surface area (Å²) >= 11 is 0. The number of carboxylic acids is 2. The number of anilines is 1. The van der Waals surface area contributed by atoms with Gasteiger partial charge in [-0.1, -0.05) is 42.5 Å². The van der Waals surface area contributed by atoms with E-state index >= 15 is 0 Å². The van der Waals surface area contributed by atoms with Gasteiger partial charge >= 0.3 is 11.9 Å². The fourth-order valence-corrected chi connectivity index (χ4v) is 8.70. The molecule has 18 nitrogen and oxygen atoms in total. The zero-order chi connectivity index (χ0) is 43.9. The molecule has 4 aromatic carbocycles. The number of benzene rings is 4. The Morgan fingerprint density at radius 3 is 1.84 bits per heavy atom. The summed E-state index contributed by atoms with van der Waals surface area (Å²) in [5.74, 6) is -6.07. The average Bonchev–Trinajstić information content (AvgIpc) is 3.23. The number of amides is 1. The van der Waals surface area contributed by atoms with Crippen molar-refractivity contribution < 1.29 is 87.6 Å². The zero-order valence-electron chi connectivity index (χ0n) is 31.4. The third-order valence-corrected chi connectivity index (χ3v) is 12.0. The van der Waals surface area contributed by atoms with Gasteiger partial charge in [0.2, 0.25) is 18.5 Å². The summed E-state index contributed by atoms with van der Waals surface area (Å²) in [5.41, 5.74) is 1.16. The van der Waals surface area contributed by atoms with E-state index in [1.165, 1.54) is 47.4 Å². The van der Waals surface area contributed by atoms with E-state index in [-0.39, 0.29) is 22.6 Å². The Labute approximate surface area is 347 Å². The maximum atomic E-state index is 14.0. The van der Waals surface area contributed by atoms with Crippen LogP contribution in [0.5, 0.6) is 11.5 Å². The number of aliphatic hydroxyl groups excluding tert-OH is 6. The van der Waals surface area contributed by atoms with Crippen molar-refractivity contribution in [3.63, 3.8) is 0 Å². The van der Waals surface area contributed by atoms with Crippen molar-refractivity contribution >= 4 is 40.1 Å². The summed E-state index contributed by atoms with van der Waals surface area (Å²) < 4.78 is 50.1. The van der Waals surface area contributed by atoms with Gasteiger partial charge in [-0.15, -0.1) is 0 Å². The van der Waals surface area contributed by atoms with Crippen LogP contribution >= 0.6 is 0 Å². The van der Waals surface area contributed by atoms with Gasteiger partial charge in [-0.3, -0.25) is 13.8 Å². The van der Waals surface area contributed by atoms with Crippen molar-refractivity contribution in [1.82, 2.24) is 0 Å². The number of carbonyl (C=O) groups excluding carboxylic acids is 2. The first-order valence-electron chi connectivity index (χ1n) is 18.5. The van der Waals surface area contributed by atoms with Crippen molar-refractivity contribution in [2.75, 3.05) is 10.7 Å². The normalized spacial score (nSPS) is 30.5. The third kappa shape index (κ3) is 8.62. The highest BCUT2D eigenvalue weighted by atomic mass is 32.2. The lowest BCUT2D eigenvalue weighted by Gasteiger charge is -2.47. The molecule has 0 aliphatic carbocycles. The van der Waals surface area contributed by atoms with Crippen molar-refractivity contribution in [3.05, 3.63) is 114 Å². The van der Waals surface area contributed by atoms with E-state index in [1.54, 1.807) is 42.5 Å². The number of nitrogens with zero attached hydrogens (tertiary/aromatic N) is 1. The van der Waals surface area contributed by atoms with Gasteiger partial charge in [0.05, 0.1) is 11.8 Å². The number of Topliss-reactive ketones (excluding diaryl/α,β-unsaturated/α-hetero) is 1. The van der Waals surface area contributed by atoms with Crippen LogP contribution in [0.4, 0.5) is 10.1 Å². The lowest BCUT2D eigenvalue weighted by molar-refractivity contribution is -0.271. The lowest BCUT2D eigenvalue weighted by atomic mass is 9.90. The Morgan fingerprint density at radius 1 is 0.672 bits per heavy atom. The Hall–Kier alpha value is -5.68. The highest BCUT2D eigenvalue weighted by Crippen LogP contribution is 2.47. The first-order chi connectivity index (χ1) is 29.0. The number of rotatable bonds is 13. The van der Waals surface area contributed by atoms with E-state index in [9.17, 15) is 68.6 Å². The Bertz CT molecular complexity index is 2320. The zero-order valence-corrected chi connectivity index (χ0v) is 32.2. The fourth-order valence-electron chi connectivity index (χ4n) is 7.20. The molecule has 1 amide bonds. The van der Waals surface area contributed by atoms with E-state index in [0.29, 0.717) is 16.8 Å². The minimum absolute atomic E-state index is 0.0191. The summed E-state index contributed by atoms with van der Waals surface area (Å²) in [6.07, 6.45) is -19.7. The second kappa shape index (κ2) is 17.7. The molecule has 13 atom stereocenters. The van der Waals surface area contributed by atoms with Gasteiger partial charge in [0, 0.05) is 27.6 Å². The van der Waals surface area contributed by atoms with Crippen LogP contribution in [0.2, 0.25) is 0 Å². The standard InChI is InChI=1S/C41H38FNO17S/c42-21-12-9-18(10-13-21)25(44)17-61(56)36-27(43(37(36)51)22-6-2-1-3-7-22)24-14-11-20(16-26(24)58-41-33(50)29(46)31(48)35(60-41)39(54)55)19-5-4-8-23(15-19)57-40-32(49)28(45)30(47)34(59-40)38(52)53/h1-16,27-36,40-41,45-50H,17H2,(H,52,53)(H,54,55)/t27-,28+,29+,30?,31?,32?,33?,34?,35?,36-,40-,41-,61?/m1/s1. The van der Waals surface area contributed by atoms with E-state index < -0.39 is 119 Å². The highest BCUT2D eigenvalue weighted by molar-refractivity contribution is 7.87. The topological polar surface area (TPSA) is 287 Å². The summed E-state index contributed by atoms with van der Waals surface area (Å²) in [6.45, 7) is 0. The van der Waals surface area contributed by atoms with Gasteiger partial charge in [0.1, 0.15) is 59.2 Å². The number of carboxylic acid groups (broad SMARTS) is 2. The molecule has 3 heterocycles. The van der Waals surface area contributed by atoms with Crippen molar-refractivity contribution in [3.8, 4) is 22.6 Å². The molecule has 3 fully saturated rings. The van der Waals surface area contributed by atoms with Crippen LogP contribution in [-0.4, -0.2) is 141 Å². The van der Waals surface area contributed by atoms with Crippen molar-refractivity contribution in [2.45, 2.75) is 72.7 Å². The summed E-state index contributed by atoms with van der Waals surface area (Å²) in [4.78, 5) is 52.0. The molecule has 0 saturated carbocycles. The van der Waals surface area contributed by atoms with Crippen LogP contribution < -0.4 is 14.4 Å². The van der Waals surface area contributed by atoms with E-state index in [1.807, 2.05) is 0 Å². The number of aliphatic hydroxyl groups is 6. The first-order valence-corrected chi connectivity index (χ1v) is 19.9. The molecule has 0 aromatic heterocycles. The Morgan fingerprint density at radius 2 is 1.25 bits per heavy atom. The predicted molar refractivity (Wildman–Crippen MR) is 206 cm³/mol. The van der Waals surface area contributed by atoms with Crippen LogP contribution in [0.25, 0.3) is 11.1 Å². The molecule has 3 aliphatic heterocycles. The van der Waals surface area contributed by atoms with Gasteiger partial charge < -0.3 is 64.7 Å². The first kappa shape index (κ1) is 43.4. The molecular weight excluding hydrogens is 830 g/mol. The highest BCUT2D eigenvalue weighted by Gasteiger charge is 2.54. The smallest absolute Gasteiger partial charge is 0.335 e. The Kier molecular flexibility index (Phi) is 12.6. The van der Waals surface area contributed by atoms with Crippen LogP contribution in [0.15, 0.2) is 97.1 Å². The van der Waals surface area contributed by atoms with Gasteiger partial charge in [0.25, 0.3) is 0 Å². The number of hydrogen-bond donors (Lipinski definition) is 8. The molecule has 4 aromatic rings. The molecule has 61 heavy (non-hydrogen) atoms. The number of hydrogen-bond acceptors (Lipinski definition) is 15. The molecule has 0 bridgehead atoms. The number of aliphatic carboxylic acids is 2. The molecule has 322 valence electrons. The lowest BCUT2D eigenvalue weighted by Crippen LogP contribution is -2.62. The minimum Gasteiger partial charge on any atom is -0.479 e. The molecule has 3 aliphatic rings. The molecule has 0 spiro atoms. The molecule has 7 rings (SSSR count). The number of β-lactam (4-membered cyclic amide) rings is 1. The molecule has 3 saturated heterocycles. The van der Waals surface area contributed by atoms with E-state index in [2.05, 4.69) is 0 Å². The largest absolute Gasteiger partial charge is 0.479 e. The van der Waals surface area contributed by atoms with Gasteiger partial charge in [0.15, 0.2) is 18.0 Å². The quantitative estimate of drug-likeness (QED) is 0.0654. The predicted octanol–water partition coefficient (Wildman–Crippen LogP) is 0.123. The molecule has 0 radical (unpaired) electrons. The summed E-state index contributed by atoms with van der Waals surface area (Å²) in [7, 11) is -2.22. The van der Waals surface area contributed by atoms with Crippen LogP contribution in [0.1, 0.15) is 22.0 Å². The maximum Gasteiger partial charge on any atom is 0.335 e. The molecule has 7 unspecified atom stereocenters. The third-order valence-electron chi connectivity index (χ3n) is 10.4.